The smallest absolute Gasteiger partial charge is 0.374 e. The number of hydrogen-bond donors (Lipinski definition) is 3. The van der Waals surface area contributed by atoms with Gasteiger partial charge in [-0.1, -0.05) is 6.92 Å². The van der Waals surface area contributed by atoms with E-state index in [-0.39, 0.29) is 12.5 Å². The molecule has 11 nitrogen and oxygen atoms in total. The van der Waals surface area contributed by atoms with Crippen LogP contribution >= 0.6 is 7.82 Å². The second-order valence-corrected chi connectivity index (χ2v) is 8.32. The van der Waals surface area contributed by atoms with Gasteiger partial charge >= 0.3 is 15.4 Å². The Morgan fingerprint density at radius 3 is 3.14 bits per heavy atom. The number of carbonyl (C=O) groups is 1. The van der Waals surface area contributed by atoms with Gasteiger partial charge < -0.3 is 25.0 Å². The first-order valence-corrected chi connectivity index (χ1v) is 10.6. The predicted molar refractivity (Wildman–Crippen MR) is 102 cm³/mol. The Morgan fingerprint density at radius 1 is 1.57 bits per heavy atom. The van der Waals surface area contributed by atoms with E-state index in [0.717, 1.165) is 6.42 Å². The van der Waals surface area contributed by atoms with E-state index in [9.17, 15) is 9.69 Å². The minimum Gasteiger partial charge on any atom is -0.374 e. The van der Waals surface area contributed by atoms with Gasteiger partial charge in [0.05, 0.1) is 6.67 Å². The van der Waals surface area contributed by atoms with Crippen molar-refractivity contribution < 1.29 is 28.2 Å². The van der Waals surface area contributed by atoms with E-state index in [1.54, 1.807) is 0 Å². The Morgan fingerprint density at radius 2 is 2.39 bits per heavy atom. The molecule has 0 aliphatic carbocycles. The van der Waals surface area contributed by atoms with Crippen molar-refractivity contribution in [1.82, 2.24) is 9.97 Å². The Labute approximate surface area is 164 Å². The first kappa shape index (κ1) is 19.7. The van der Waals surface area contributed by atoms with E-state index >= 15 is 0 Å². The van der Waals surface area contributed by atoms with E-state index in [2.05, 4.69) is 20.6 Å². The molecule has 0 spiro atoms. The molecule has 0 bridgehead atoms. The molecule has 4 rings (SSSR count). The van der Waals surface area contributed by atoms with Crippen LogP contribution in [0, 0.1) is 0 Å². The lowest BCUT2D eigenvalue weighted by Crippen LogP contribution is -2.46. The third kappa shape index (κ3) is 3.56. The fraction of sp³-hybridized carbons (Fsp3) is 0.667. The van der Waals surface area contributed by atoms with Crippen LogP contribution in [0.25, 0.3) is 0 Å². The molecule has 3 N–H and O–H groups in total. The summed E-state index contributed by atoms with van der Waals surface area (Å²) in [4.78, 5) is 32.3. The summed E-state index contributed by atoms with van der Waals surface area (Å²) in [5.41, 5.74) is 0.611. The largest absolute Gasteiger partial charge is 0.488 e. The van der Waals surface area contributed by atoms with Gasteiger partial charge in [-0.05, 0) is 6.42 Å². The summed E-state index contributed by atoms with van der Waals surface area (Å²) >= 11 is 0. The summed E-state index contributed by atoms with van der Waals surface area (Å²) in [5, 5.41) is 6.00. The van der Waals surface area contributed by atoms with Crippen molar-refractivity contribution in [2.75, 3.05) is 35.9 Å². The third-order valence-electron chi connectivity index (χ3n) is 4.82. The van der Waals surface area contributed by atoms with E-state index in [4.69, 9.17) is 26.1 Å². The second kappa shape index (κ2) is 7.70. The molecule has 1 amide bonds. The minimum absolute atomic E-state index is 0.109. The van der Waals surface area contributed by atoms with Crippen LogP contribution in [0.15, 0.2) is 6.33 Å². The van der Waals surface area contributed by atoms with Crippen LogP contribution < -0.4 is 15.5 Å². The Hall–Kier alpha value is -1.56. The zero-order valence-corrected chi connectivity index (χ0v) is 16.5. The molecule has 28 heavy (non-hydrogen) atoms. The number of methoxy groups -OCH3 is 1. The molecule has 150 valence electrons. The van der Waals surface area contributed by atoms with Crippen LogP contribution in [0.1, 0.15) is 19.8 Å². The predicted octanol–water partition coefficient (Wildman–Crippen LogP) is 0.398. The molecule has 2 fully saturated rings. The normalized spacial score (nSPS) is 33.9. The highest BCUT2D eigenvalue weighted by molar-refractivity contribution is 7.85. The van der Waals surface area contributed by atoms with Crippen LogP contribution in [-0.2, 0) is 23.3 Å². The van der Waals surface area contributed by atoms with Crippen molar-refractivity contribution in [3.05, 3.63) is 6.33 Å². The second-order valence-electron chi connectivity index (χ2n) is 6.72. The van der Waals surface area contributed by atoms with Gasteiger partial charge in [0.1, 0.15) is 30.8 Å². The molecule has 2 saturated heterocycles. The zero-order valence-electron chi connectivity index (χ0n) is 15.6. The molecule has 1 aromatic rings. The van der Waals surface area contributed by atoms with Gasteiger partial charge in [0, 0.05) is 13.5 Å². The van der Waals surface area contributed by atoms with Crippen LogP contribution in [0.3, 0.4) is 0 Å². The van der Waals surface area contributed by atoms with Crippen molar-refractivity contribution in [2.24, 2.45) is 0 Å². The summed E-state index contributed by atoms with van der Waals surface area (Å²) in [5.74, 6) is 0.877. The number of anilines is 3. The van der Waals surface area contributed by atoms with Gasteiger partial charge in [0.15, 0.2) is 24.0 Å². The Balaban J connectivity index is 1.57. The van der Waals surface area contributed by atoms with Gasteiger partial charge in [0.25, 0.3) is 0 Å². The van der Waals surface area contributed by atoms with Gasteiger partial charge in [-0.3, -0.25) is 4.79 Å². The highest BCUT2D eigenvalue weighted by Gasteiger charge is 2.58. The highest BCUT2D eigenvalue weighted by atomic mass is 31.2. The van der Waals surface area contributed by atoms with Crippen molar-refractivity contribution in [3.8, 4) is 0 Å². The molecule has 4 heterocycles. The number of ether oxygens (including phenoxy) is 2. The summed E-state index contributed by atoms with van der Waals surface area (Å²) < 4.78 is 22.4. The number of nitrogens with one attached hydrogen (secondary N) is 2. The number of rotatable bonds is 5. The van der Waals surface area contributed by atoms with Crippen molar-refractivity contribution >= 4 is 38.6 Å². The first-order chi connectivity index (χ1) is 13.4. The molecule has 3 aliphatic rings. The zero-order chi connectivity index (χ0) is 19.9. The number of nitrogens with zero attached hydrogens (tertiary/aromatic N) is 3. The number of carbonyl (C=O) groups excluding carboxylic acids is 1. The maximum atomic E-state index is 12.0. The minimum atomic E-state index is -3.38. The standard InChI is InChI=1S/C15H22BN5O6P/c1-3-4-9(22)20-13-10-14(18-6-17-13)21(7-19-10)15-12(24-2)11-8(26-15)5-25-28(16,23)27-11/h6,8,11-12,15,19,23H,3-5,7H2,1-2H3,(H,17,18,20,22)/q+1/t8-,11-,12?,15?,28?/m1/s1. The Bertz CT molecular complexity index is 758. The molecule has 13 heteroatoms. The average molecular weight is 410 g/mol. The van der Waals surface area contributed by atoms with Crippen molar-refractivity contribution in [3.63, 3.8) is 0 Å². The van der Waals surface area contributed by atoms with Gasteiger partial charge in [0.2, 0.25) is 5.91 Å². The monoisotopic (exact) mass is 410 g/mol. The molecule has 5 atom stereocenters. The topological polar surface area (TPSA) is 127 Å². The maximum Gasteiger partial charge on any atom is 0.488 e. The lowest BCUT2D eigenvalue weighted by atomic mass is 10.1. The Kier molecular flexibility index (Phi) is 5.43. The van der Waals surface area contributed by atoms with E-state index < -0.39 is 32.4 Å². The molecule has 2 radical (unpaired) electrons. The van der Waals surface area contributed by atoms with Crippen LogP contribution in [-0.4, -0.2) is 73.3 Å². The van der Waals surface area contributed by atoms with E-state index in [1.807, 2.05) is 11.8 Å². The van der Waals surface area contributed by atoms with E-state index in [1.165, 1.54) is 13.4 Å². The SMILES string of the molecule is [B][P+]1(O)OC[C@H]2OC(N3CNc4c(NC(=O)CCC)ncnc43)C(OC)[C@@H]2O1. The first-order valence-electron chi connectivity index (χ1n) is 9.00. The molecular weight excluding hydrogens is 388 g/mol. The average Bonchev–Trinajstić information content (AvgIpc) is 3.22. The number of aromatic nitrogens is 2. The third-order valence-corrected chi connectivity index (χ3v) is 5.89. The molecule has 3 unspecified atom stereocenters. The molecule has 0 aromatic carbocycles. The van der Waals surface area contributed by atoms with E-state index in [0.29, 0.717) is 30.4 Å². The van der Waals surface area contributed by atoms with Crippen LogP contribution in [0.5, 0.6) is 0 Å². The number of amides is 1. The van der Waals surface area contributed by atoms with Crippen molar-refractivity contribution in [2.45, 2.75) is 44.3 Å². The summed E-state index contributed by atoms with van der Waals surface area (Å²) in [6.45, 7) is 2.41. The van der Waals surface area contributed by atoms with Gasteiger partial charge in [-0.25, -0.2) is 14.9 Å². The number of fused-ring (bicyclic) bond motifs is 2. The van der Waals surface area contributed by atoms with Crippen LogP contribution in [0.4, 0.5) is 17.3 Å². The number of hydrogen-bond acceptors (Lipinski definition) is 10. The fourth-order valence-corrected chi connectivity index (χ4v) is 4.60. The van der Waals surface area contributed by atoms with Gasteiger partial charge in [-0.15, -0.1) is 0 Å². The quantitative estimate of drug-likeness (QED) is 0.464. The molecule has 1 aromatic heterocycles. The molecular formula is C15H22BN5O6P+. The summed E-state index contributed by atoms with van der Waals surface area (Å²) in [7, 11) is 3.80. The lowest BCUT2D eigenvalue weighted by molar-refractivity contribution is -0.116. The van der Waals surface area contributed by atoms with Crippen molar-refractivity contribution in [1.29, 1.82) is 0 Å². The van der Waals surface area contributed by atoms with Crippen LogP contribution in [0.2, 0.25) is 0 Å². The molecule has 3 aliphatic heterocycles. The lowest BCUT2D eigenvalue weighted by Gasteiger charge is -2.30. The van der Waals surface area contributed by atoms with Gasteiger partial charge in [-0.2, -0.15) is 9.05 Å². The molecule has 0 saturated carbocycles. The summed E-state index contributed by atoms with van der Waals surface area (Å²) in [6, 6.07) is 0. The summed E-state index contributed by atoms with van der Waals surface area (Å²) in [6.07, 6.45) is 0.453. The highest BCUT2D eigenvalue weighted by Crippen LogP contribution is 2.58. The maximum absolute atomic E-state index is 12.0. The fourth-order valence-electron chi connectivity index (χ4n) is 3.58.